The Balaban J connectivity index is 2.13. The molecule has 2 N–H and O–H groups in total. The first-order chi connectivity index (χ1) is 9.04. The monoisotopic (exact) mass is 276 g/mol. The molecule has 3 nitrogen and oxygen atoms in total. The molecule has 1 atom stereocenters. The summed E-state index contributed by atoms with van der Waals surface area (Å²) in [4.78, 5) is 4.26. The smallest absolute Gasteiger partial charge is 0.219 e. The van der Waals surface area contributed by atoms with Crippen LogP contribution in [0.2, 0.25) is 5.02 Å². The Morgan fingerprint density at radius 1 is 1.32 bits per heavy atom. The predicted molar refractivity (Wildman–Crippen MR) is 77.9 cm³/mol. The molecule has 0 aliphatic carbocycles. The van der Waals surface area contributed by atoms with Gasteiger partial charge in [0.2, 0.25) is 5.88 Å². The molecular weight excluding hydrogens is 260 g/mol. The van der Waals surface area contributed by atoms with Crippen LogP contribution in [0, 0.1) is 6.92 Å². The molecule has 0 spiro atoms. The molecule has 1 heterocycles. The van der Waals surface area contributed by atoms with Crippen molar-refractivity contribution in [1.82, 2.24) is 4.98 Å². The maximum atomic E-state index is 6.08. The van der Waals surface area contributed by atoms with Crippen molar-refractivity contribution in [3.05, 3.63) is 52.7 Å². The molecule has 0 bridgehead atoms. The topological polar surface area (TPSA) is 48.1 Å². The first kappa shape index (κ1) is 13.8. The Bertz CT molecular complexity index is 553. The number of rotatable bonds is 4. The van der Waals surface area contributed by atoms with Crippen molar-refractivity contribution in [2.45, 2.75) is 26.3 Å². The van der Waals surface area contributed by atoms with Gasteiger partial charge < -0.3 is 10.5 Å². The number of pyridine rings is 1. The van der Waals surface area contributed by atoms with E-state index in [4.69, 9.17) is 22.1 Å². The Hall–Kier alpha value is -1.58. The lowest BCUT2D eigenvalue weighted by atomic mass is 10.1. The predicted octanol–water partition coefficient (Wildman–Crippen LogP) is 3.73. The first-order valence-electron chi connectivity index (χ1n) is 6.19. The summed E-state index contributed by atoms with van der Waals surface area (Å²) < 4.78 is 5.68. The van der Waals surface area contributed by atoms with Crippen LogP contribution in [0.25, 0.3) is 0 Å². The van der Waals surface area contributed by atoms with E-state index in [-0.39, 0.29) is 6.04 Å². The van der Waals surface area contributed by atoms with E-state index in [9.17, 15) is 0 Å². The van der Waals surface area contributed by atoms with Gasteiger partial charge >= 0.3 is 0 Å². The largest absolute Gasteiger partial charge is 0.437 e. The summed E-state index contributed by atoms with van der Waals surface area (Å²) in [6.45, 7) is 3.96. The Kier molecular flexibility index (Phi) is 4.40. The quantitative estimate of drug-likeness (QED) is 0.926. The fraction of sp³-hybridized carbons (Fsp3) is 0.267. The standard InChI is InChI=1S/C15H17ClN2O/c1-10-3-5-13(16)14(7-10)19-15-6-4-12(9-18-15)8-11(2)17/h3-7,9,11H,8,17H2,1-2H3. The number of hydrogen-bond donors (Lipinski definition) is 1. The molecule has 19 heavy (non-hydrogen) atoms. The molecule has 0 amide bonds. The highest BCUT2D eigenvalue weighted by Crippen LogP contribution is 2.29. The fourth-order valence-corrected chi connectivity index (χ4v) is 1.92. The minimum absolute atomic E-state index is 0.125. The number of nitrogens with two attached hydrogens (primary N) is 1. The van der Waals surface area contributed by atoms with Gasteiger partial charge in [-0.3, -0.25) is 0 Å². The first-order valence-corrected chi connectivity index (χ1v) is 6.57. The minimum Gasteiger partial charge on any atom is -0.437 e. The summed E-state index contributed by atoms with van der Waals surface area (Å²) in [5, 5.41) is 0.576. The minimum atomic E-state index is 0.125. The van der Waals surface area contributed by atoms with Crippen LogP contribution >= 0.6 is 11.6 Å². The third-order valence-electron chi connectivity index (χ3n) is 2.66. The molecule has 0 saturated heterocycles. The number of ether oxygens (including phenoxy) is 1. The van der Waals surface area contributed by atoms with Crippen molar-refractivity contribution >= 4 is 11.6 Å². The lowest BCUT2D eigenvalue weighted by Crippen LogP contribution is -2.17. The van der Waals surface area contributed by atoms with Gasteiger partial charge in [-0.05, 0) is 43.5 Å². The zero-order chi connectivity index (χ0) is 13.8. The zero-order valence-corrected chi connectivity index (χ0v) is 11.8. The van der Waals surface area contributed by atoms with E-state index in [1.807, 2.05) is 44.2 Å². The summed E-state index contributed by atoms with van der Waals surface area (Å²) in [7, 11) is 0. The van der Waals surface area contributed by atoms with Crippen molar-refractivity contribution in [1.29, 1.82) is 0 Å². The van der Waals surface area contributed by atoms with Crippen molar-refractivity contribution < 1.29 is 4.74 Å². The second-order valence-corrected chi connectivity index (χ2v) is 5.13. The average Bonchev–Trinajstić information content (AvgIpc) is 2.35. The second-order valence-electron chi connectivity index (χ2n) is 4.72. The highest BCUT2D eigenvalue weighted by molar-refractivity contribution is 6.32. The van der Waals surface area contributed by atoms with Crippen LogP contribution in [0.3, 0.4) is 0 Å². The third-order valence-corrected chi connectivity index (χ3v) is 2.97. The lowest BCUT2D eigenvalue weighted by Gasteiger charge is -2.09. The molecule has 0 fully saturated rings. The van der Waals surface area contributed by atoms with E-state index in [0.717, 1.165) is 17.5 Å². The van der Waals surface area contributed by atoms with Crippen LogP contribution in [0.4, 0.5) is 0 Å². The van der Waals surface area contributed by atoms with Crippen LogP contribution in [-0.2, 0) is 6.42 Å². The molecule has 4 heteroatoms. The Morgan fingerprint density at radius 2 is 2.11 bits per heavy atom. The van der Waals surface area contributed by atoms with Crippen LogP contribution < -0.4 is 10.5 Å². The third kappa shape index (κ3) is 3.94. The summed E-state index contributed by atoms with van der Waals surface area (Å²) in [5.41, 5.74) is 7.93. The van der Waals surface area contributed by atoms with Crippen molar-refractivity contribution in [3.8, 4) is 11.6 Å². The van der Waals surface area contributed by atoms with Gasteiger partial charge in [0, 0.05) is 18.3 Å². The zero-order valence-electron chi connectivity index (χ0n) is 11.1. The van der Waals surface area contributed by atoms with Crippen LogP contribution in [0.15, 0.2) is 36.5 Å². The highest BCUT2D eigenvalue weighted by atomic mass is 35.5. The van der Waals surface area contributed by atoms with E-state index in [1.165, 1.54) is 0 Å². The van der Waals surface area contributed by atoms with Crippen molar-refractivity contribution in [3.63, 3.8) is 0 Å². The van der Waals surface area contributed by atoms with Crippen molar-refractivity contribution in [2.24, 2.45) is 5.73 Å². The van der Waals surface area contributed by atoms with Gasteiger partial charge in [-0.2, -0.15) is 0 Å². The van der Waals surface area contributed by atoms with Crippen LogP contribution in [0.5, 0.6) is 11.6 Å². The molecular formula is C15H17ClN2O. The maximum Gasteiger partial charge on any atom is 0.219 e. The highest BCUT2D eigenvalue weighted by Gasteiger charge is 2.05. The number of aryl methyl sites for hydroxylation is 1. The maximum absolute atomic E-state index is 6.08. The summed E-state index contributed by atoms with van der Waals surface area (Å²) in [6.07, 6.45) is 2.58. The van der Waals surface area contributed by atoms with Gasteiger partial charge in [0.25, 0.3) is 0 Å². The number of halogens is 1. The molecule has 0 aliphatic rings. The molecule has 2 rings (SSSR count). The summed E-state index contributed by atoms with van der Waals surface area (Å²) in [6, 6.07) is 9.57. The molecule has 100 valence electrons. The second kappa shape index (κ2) is 6.04. The van der Waals surface area contributed by atoms with Crippen molar-refractivity contribution in [2.75, 3.05) is 0 Å². The number of aromatic nitrogens is 1. The van der Waals surface area contributed by atoms with E-state index in [1.54, 1.807) is 6.20 Å². The number of benzene rings is 1. The molecule has 1 unspecified atom stereocenters. The Morgan fingerprint density at radius 3 is 2.74 bits per heavy atom. The number of hydrogen-bond acceptors (Lipinski definition) is 3. The normalized spacial score (nSPS) is 12.2. The molecule has 0 saturated carbocycles. The van der Waals surface area contributed by atoms with Crippen LogP contribution in [0.1, 0.15) is 18.1 Å². The summed E-state index contributed by atoms with van der Waals surface area (Å²) in [5.74, 6) is 1.15. The number of nitrogens with zero attached hydrogens (tertiary/aromatic N) is 1. The SMILES string of the molecule is Cc1ccc(Cl)c(Oc2ccc(CC(C)N)cn2)c1. The molecule has 1 aromatic carbocycles. The van der Waals surface area contributed by atoms with Gasteiger partial charge in [-0.25, -0.2) is 4.98 Å². The fourth-order valence-electron chi connectivity index (χ4n) is 1.77. The molecule has 0 aliphatic heterocycles. The van der Waals surface area contributed by atoms with E-state index in [0.29, 0.717) is 16.7 Å². The molecule has 1 aromatic heterocycles. The van der Waals surface area contributed by atoms with Gasteiger partial charge in [-0.1, -0.05) is 23.7 Å². The molecule has 2 aromatic rings. The van der Waals surface area contributed by atoms with Gasteiger partial charge in [0.05, 0.1) is 5.02 Å². The van der Waals surface area contributed by atoms with Crippen LogP contribution in [-0.4, -0.2) is 11.0 Å². The van der Waals surface area contributed by atoms with Gasteiger partial charge in [-0.15, -0.1) is 0 Å². The van der Waals surface area contributed by atoms with Gasteiger partial charge in [0.15, 0.2) is 0 Å². The van der Waals surface area contributed by atoms with E-state index in [2.05, 4.69) is 4.98 Å². The van der Waals surface area contributed by atoms with E-state index < -0.39 is 0 Å². The van der Waals surface area contributed by atoms with E-state index >= 15 is 0 Å². The lowest BCUT2D eigenvalue weighted by molar-refractivity contribution is 0.462. The average molecular weight is 277 g/mol. The van der Waals surface area contributed by atoms with Gasteiger partial charge in [0.1, 0.15) is 5.75 Å². The Labute approximate surface area is 118 Å². The molecule has 0 radical (unpaired) electrons. The summed E-state index contributed by atoms with van der Waals surface area (Å²) >= 11 is 6.08.